The summed E-state index contributed by atoms with van der Waals surface area (Å²) in [5.74, 6) is -0.705. The number of nitrogens with zero attached hydrogens (tertiary/aromatic N) is 3. The number of anilines is 1. The second kappa shape index (κ2) is 10.7. The first-order chi connectivity index (χ1) is 16.8. The van der Waals surface area contributed by atoms with Crippen molar-refractivity contribution < 1.29 is 23.6 Å². The average molecular weight is 482 g/mol. The summed E-state index contributed by atoms with van der Waals surface area (Å²) in [6.07, 6.45) is 1.35. The van der Waals surface area contributed by atoms with Crippen molar-refractivity contribution in [3.05, 3.63) is 53.5 Å². The topological polar surface area (TPSA) is 115 Å². The standard InChI is InChI=1S/C25H31N5O5/c1-17-12-18(2)14-19(13-17)27-22(31)15-20-24(33)26-5-6-30(20)23(32)16-28-7-9-29(10-8-28)25(34)21-4-3-11-35-21/h3-4,11-14,20H,5-10,15-16H2,1-2H3,(H,26,33)(H,27,31). The van der Waals surface area contributed by atoms with E-state index in [9.17, 15) is 19.2 Å². The predicted octanol–water partition coefficient (Wildman–Crippen LogP) is 1.01. The molecule has 2 saturated heterocycles. The van der Waals surface area contributed by atoms with E-state index in [1.165, 1.54) is 11.2 Å². The van der Waals surface area contributed by atoms with Crippen molar-refractivity contribution in [1.29, 1.82) is 0 Å². The fourth-order valence-corrected chi connectivity index (χ4v) is 4.60. The molecule has 0 bridgehead atoms. The number of hydrogen-bond acceptors (Lipinski definition) is 6. The molecule has 0 radical (unpaired) electrons. The van der Waals surface area contributed by atoms with Gasteiger partial charge in [-0.05, 0) is 49.2 Å². The molecule has 10 heteroatoms. The summed E-state index contributed by atoms with van der Waals surface area (Å²) in [5.41, 5.74) is 2.72. The van der Waals surface area contributed by atoms with Crippen LogP contribution in [0.25, 0.3) is 0 Å². The molecule has 2 N–H and O–H groups in total. The molecule has 2 aromatic rings. The summed E-state index contributed by atoms with van der Waals surface area (Å²) in [6.45, 7) is 6.77. The van der Waals surface area contributed by atoms with Gasteiger partial charge in [-0.3, -0.25) is 24.1 Å². The van der Waals surface area contributed by atoms with Gasteiger partial charge in [0.2, 0.25) is 17.7 Å². The van der Waals surface area contributed by atoms with Gasteiger partial charge in [-0.25, -0.2) is 0 Å². The second-order valence-electron chi connectivity index (χ2n) is 9.07. The number of carbonyl (C=O) groups excluding carboxylic acids is 4. The molecule has 0 spiro atoms. The Balaban J connectivity index is 1.32. The zero-order chi connectivity index (χ0) is 24.9. The fraction of sp³-hybridized carbons (Fsp3) is 0.440. The Bertz CT molecular complexity index is 1070. The van der Waals surface area contributed by atoms with Crippen molar-refractivity contribution in [2.45, 2.75) is 26.3 Å². The molecule has 1 aromatic heterocycles. The van der Waals surface area contributed by atoms with Crippen LogP contribution in [0.1, 0.15) is 28.1 Å². The largest absolute Gasteiger partial charge is 0.459 e. The minimum Gasteiger partial charge on any atom is -0.459 e. The molecule has 2 aliphatic rings. The number of aryl methyl sites for hydroxylation is 2. The SMILES string of the molecule is Cc1cc(C)cc(NC(=O)CC2C(=O)NCCN2C(=O)CN2CCN(C(=O)c3ccco3)CC2)c1. The van der Waals surface area contributed by atoms with Gasteiger partial charge in [-0.1, -0.05) is 6.07 Å². The van der Waals surface area contributed by atoms with Gasteiger partial charge in [0, 0.05) is 45.0 Å². The maximum absolute atomic E-state index is 13.1. The minimum absolute atomic E-state index is 0.115. The minimum atomic E-state index is -0.857. The molecule has 1 aromatic carbocycles. The van der Waals surface area contributed by atoms with Crippen molar-refractivity contribution in [3.63, 3.8) is 0 Å². The van der Waals surface area contributed by atoms with Crippen LogP contribution < -0.4 is 10.6 Å². The van der Waals surface area contributed by atoms with Crippen LogP contribution in [0.3, 0.4) is 0 Å². The van der Waals surface area contributed by atoms with Crippen molar-refractivity contribution in [2.24, 2.45) is 0 Å². The van der Waals surface area contributed by atoms with Crippen molar-refractivity contribution >= 4 is 29.3 Å². The molecule has 2 fully saturated rings. The van der Waals surface area contributed by atoms with E-state index in [4.69, 9.17) is 4.42 Å². The van der Waals surface area contributed by atoms with E-state index in [-0.39, 0.29) is 36.6 Å². The lowest BCUT2D eigenvalue weighted by Gasteiger charge is -2.38. The highest BCUT2D eigenvalue weighted by molar-refractivity contribution is 5.97. The smallest absolute Gasteiger partial charge is 0.289 e. The lowest BCUT2D eigenvalue weighted by atomic mass is 10.1. The monoisotopic (exact) mass is 481 g/mol. The molecule has 186 valence electrons. The highest BCUT2D eigenvalue weighted by Crippen LogP contribution is 2.17. The van der Waals surface area contributed by atoms with E-state index in [0.717, 1.165) is 11.1 Å². The maximum Gasteiger partial charge on any atom is 0.289 e. The molecular weight excluding hydrogens is 450 g/mol. The zero-order valence-corrected chi connectivity index (χ0v) is 20.1. The van der Waals surface area contributed by atoms with Gasteiger partial charge < -0.3 is 24.9 Å². The number of hydrogen-bond donors (Lipinski definition) is 2. The highest BCUT2D eigenvalue weighted by atomic mass is 16.3. The van der Waals surface area contributed by atoms with Crippen LogP contribution in [0.4, 0.5) is 5.69 Å². The molecule has 1 atom stereocenters. The Hall–Kier alpha value is -3.66. The van der Waals surface area contributed by atoms with Crippen molar-refractivity contribution in [1.82, 2.24) is 20.0 Å². The summed E-state index contributed by atoms with van der Waals surface area (Å²) >= 11 is 0. The molecule has 4 rings (SSSR count). The molecule has 1 unspecified atom stereocenters. The van der Waals surface area contributed by atoms with Gasteiger partial charge in [0.25, 0.3) is 5.91 Å². The Morgan fingerprint density at radius 1 is 1.06 bits per heavy atom. The molecule has 35 heavy (non-hydrogen) atoms. The Kier molecular flexibility index (Phi) is 7.50. The average Bonchev–Trinajstić information content (AvgIpc) is 3.34. The molecule has 4 amide bonds. The van der Waals surface area contributed by atoms with E-state index in [1.54, 1.807) is 17.0 Å². The molecule has 10 nitrogen and oxygen atoms in total. The Morgan fingerprint density at radius 2 is 1.77 bits per heavy atom. The quantitative estimate of drug-likeness (QED) is 0.637. The molecule has 2 aliphatic heterocycles. The van der Waals surface area contributed by atoms with Crippen molar-refractivity contribution in [2.75, 3.05) is 51.1 Å². The van der Waals surface area contributed by atoms with E-state index >= 15 is 0 Å². The van der Waals surface area contributed by atoms with Crippen molar-refractivity contribution in [3.8, 4) is 0 Å². The van der Waals surface area contributed by atoms with Crippen LogP contribution in [0, 0.1) is 13.8 Å². The highest BCUT2D eigenvalue weighted by Gasteiger charge is 2.35. The fourth-order valence-electron chi connectivity index (χ4n) is 4.60. The predicted molar refractivity (Wildman–Crippen MR) is 129 cm³/mol. The lowest BCUT2D eigenvalue weighted by molar-refractivity contribution is -0.145. The summed E-state index contributed by atoms with van der Waals surface area (Å²) in [7, 11) is 0. The van der Waals surface area contributed by atoms with Gasteiger partial charge in [-0.2, -0.15) is 0 Å². The van der Waals surface area contributed by atoms with E-state index < -0.39 is 6.04 Å². The number of amides is 4. The third-order valence-electron chi connectivity index (χ3n) is 6.29. The molecular formula is C25H31N5O5. The van der Waals surface area contributed by atoms with Gasteiger partial charge in [-0.15, -0.1) is 0 Å². The van der Waals surface area contributed by atoms with Gasteiger partial charge in [0.15, 0.2) is 5.76 Å². The summed E-state index contributed by atoms with van der Waals surface area (Å²) < 4.78 is 5.19. The van der Waals surface area contributed by atoms with E-state index in [1.807, 2.05) is 36.9 Å². The Morgan fingerprint density at radius 3 is 2.43 bits per heavy atom. The first-order valence-electron chi connectivity index (χ1n) is 11.8. The van der Waals surface area contributed by atoms with Crippen LogP contribution >= 0.6 is 0 Å². The lowest BCUT2D eigenvalue weighted by Crippen LogP contribution is -2.60. The number of piperazine rings is 2. The first-order valence-corrected chi connectivity index (χ1v) is 11.8. The third-order valence-corrected chi connectivity index (χ3v) is 6.29. The molecule has 3 heterocycles. The second-order valence-corrected chi connectivity index (χ2v) is 9.07. The van der Waals surface area contributed by atoms with Gasteiger partial charge in [0.05, 0.1) is 19.2 Å². The van der Waals surface area contributed by atoms with Crippen LogP contribution in [-0.4, -0.2) is 90.2 Å². The number of furan rings is 1. The van der Waals surface area contributed by atoms with Gasteiger partial charge in [0.1, 0.15) is 6.04 Å². The Labute approximate surface area is 204 Å². The summed E-state index contributed by atoms with van der Waals surface area (Å²) in [5, 5.41) is 5.61. The van der Waals surface area contributed by atoms with Crippen LogP contribution in [0.5, 0.6) is 0 Å². The summed E-state index contributed by atoms with van der Waals surface area (Å²) in [6, 6.07) is 8.20. The summed E-state index contributed by atoms with van der Waals surface area (Å²) in [4.78, 5) is 56.0. The maximum atomic E-state index is 13.1. The zero-order valence-electron chi connectivity index (χ0n) is 20.1. The number of benzene rings is 1. The van der Waals surface area contributed by atoms with Crippen LogP contribution in [0.15, 0.2) is 41.0 Å². The molecule has 0 saturated carbocycles. The first kappa shape index (κ1) is 24.5. The number of rotatable bonds is 6. The normalized spacial score (nSPS) is 18.8. The molecule has 0 aliphatic carbocycles. The third kappa shape index (κ3) is 6.07. The number of carbonyl (C=O) groups is 4. The van der Waals surface area contributed by atoms with E-state index in [0.29, 0.717) is 50.7 Å². The van der Waals surface area contributed by atoms with Gasteiger partial charge >= 0.3 is 0 Å². The van der Waals surface area contributed by atoms with E-state index in [2.05, 4.69) is 10.6 Å². The number of nitrogens with one attached hydrogen (secondary N) is 2. The van der Waals surface area contributed by atoms with Crippen LogP contribution in [0.2, 0.25) is 0 Å². The van der Waals surface area contributed by atoms with Crippen LogP contribution in [-0.2, 0) is 14.4 Å².